The molecular formula is C11H14BrNO5S2. The molecular weight excluding hydrogens is 370 g/mol. The van der Waals surface area contributed by atoms with Gasteiger partial charge in [0, 0.05) is 17.6 Å². The van der Waals surface area contributed by atoms with Gasteiger partial charge in [-0.3, -0.25) is 0 Å². The first-order valence-electron chi connectivity index (χ1n) is 5.85. The summed E-state index contributed by atoms with van der Waals surface area (Å²) in [4.78, 5) is 11.7. The number of morpholine rings is 1. The van der Waals surface area contributed by atoms with Crippen molar-refractivity contribution in [2.24, 2.45) is 0 Å². The van der Waals surface area contributed by atoms with E-state index >= 15 is 0 Å². The molecule has 1 saturated heterocycles. The second-order valence-electron chi connectivity index (χ2n) is 4.28. The molecule has 0 spiro atoms. The summed E-state index contributed by atoms with van der Waals surface area (Å²) in [5.41, 5.74) is 0. The van der Waals surface area contributed by atoms with Gasteiger partial charge in [0.15, 0.2) is 0 Å². The standard InChI is InChI=1S/C11H14BrNO5S2/c1-7-6-13(3-4-18-7)20(15,16)11-8(12)5-9(19-11)10(14)17-2/h5,7H,3-4,6H2,1-2H3/t7-/m1/s1. The Kier molecular flexibility index (Phi) is 4.85. The fourth-order valence-electron chi connectivity index (χ4n) is 1.85. The Morgan fingerprint density at radius 1 is 1.60 bits per heavy atom. The molecule has 1 aromatic rings. The molecule has 0 aromatic carbocycles. The van der Waals surface area contributed by atoms with Crippen molar-refractivity contribution in [1.82, 2.24) is 4.31 Å². The predicted octanol–water partition coefficient (Wildman–Crippen LogP) is 1.71. The van der Waals surface area contributed by atoms with Crippen molar-refractivity contribution < 1.29 is 22.7 Å². The zero-order valence-electron chi connectivity index (χ0n) is 11.0. The Hall–Kier alpha value is -0.480. The van der Waals surface area contributed by atoms with Crippen molar-refractivity contribution in [3.63, 3.8) is 0 Å². The molecule has 9 heteroatoms. The van der Waals surface area contributed by atoms with E-state index in [-0.39, 0.29) is 15.2 Å². The zero-order valence-corrected chi connectivity index (χ0v) is 14.2. The number of sulfonamides is 1. The SMILES string of the molecule is COC(=O)c1cc(Br)c(S(=O)(=O)N2CCO[C@H](C)C2)s1. The number of ether oxygens (including phenoxy) is 2. The molecule has 0 unspecified atom stereocenters. The Labute approximate surface area is 129 Å². The molecule has 2 heterocycles. The average molecular weight is 384 g/mol. The van der Waals surface area contributed by atoms with E-state index in [2.05, 4.69) is 20.7 Å². The number of halogens is 1. The van der Waals surface area contributed by atoms with Crippen LogP contribution in [0.1, 0.15) is 16.6 Å². The monoisotopic (exact) mass is 383 g/mol. The fraction of sp³-hybridized carbons (Fsp3) is 0.545. The number of rotatable bonds is 3. The lowest BCUT2D eigenvalue weighted by molar-refractivity contribution is 0.0102. The Balaban J connectivity index is 2.34. The van der Waals surface area contributed by atoms with Crippen molar-refractivity contribution in [2.45, 2.75) is 17.2 Å². The lowest BCUT2D eigenvalue weighted by Gasteiger charge is -2.29. The van der Waals surface area contributed by atoms with E-state index in [1.807, 2.05) is 6.92 Å². The molecule has 1 fully saturated rings. The highest BCUT2D eigenvalue weighted by molar-refractivity contribution is 9.10. The third-order valence-electron chi connectivity index (χ3n) is 2.82. The molecule has 1 atom stereocenters. The van der Waals surface area contributed by atoms with Crippen LogP contribution in [0.3, 0.4) is 0 Å². The molecule has 112 valence electrons. The second kappa shape index (κ2) is 6.10. The van der Waals surface area contributed by atoms with Crippen molar-refractivity contribution in [2.75, 3.05) is 26.8 Å². The van der Waals surface area contributed by atoms with E-state index < -0.39 is 16.0 Å². The van der Waals surface area contributed by atoms with Gasteiger partial charge in [-0.1, -0.05) is 0 Å². The number of carbonyl (C=O) groups is 1. The number of nitrogens with zero attached hydrogens (tertiary/aromatic N) is 1. The fourth-order valence-corrected chi connectivity index (χ4v) is 6.06. The number of carbonyl (C=O) groups excluding carboxylic acids is 1. The van der Waals surface area contributed by atoms with E-state index in [1.54, 1.807) is 0 Å². The van der Waals surface area contributed by atoms with Crippen molar-refractivity contribution >= 4 is 43.3 Å². The topological polar surface area (TPSA) is 72.9 Å². The van der Waals surface area contributed by atoms with Gasteiger partial charge < -0.3 is 9.47 Å². The number of hydrogen-bond donors (Lipinski definition) is 0. The molecule has 0 bridgehead atoms. The first-order chi connectivity index (χ1) is 9.36. The first-order valence-corrected chi connectivity index (χ1v) is 8.90. The maximum atomic E-state index is 12.6. The highest BCUT2D eigenvalue weighted by Gasteiger charge is 2.33. The molecule has 6 nitrogen and oxygen atoms in total. The van der Waals surface area contributed by atoms with E-state index in [0.29, 0.717) is 24.2 Å². The van der Waals surface area contributed by atoms with Gasteiger partial charge in [0.2, 0.25) is 0 Å². The summed E-state index contributed by atoms with van der Waals surface area (Å²) in [5, 5.41) is 0. The van der Waals surface area contributed by atoms with Crippen molar-refractivity contribution in [3.8, 4) is 0 Å². The molecule has 0 aliphatic carbocycles. The largest absolute Gasteiger partial charge is 0.465 e. The number of esters is 1. The summed E-state index contributed by atoms with van der Waals surface area (Å²) >= 11 is 4.10. The quantitative estimate of drug-likeness (QED) is 0.742. The minimum Gasteiger partial charge on any atom is -0.465 e. The summed E-state index contributed by atoms with van der Waals surface area (Å²) in [6.45, 7) is 2.81. The summed E-state index contributed by atoms with van der Waals surface area (Å²) in [5.74, 6) is -0.549. The lowest BCUT2D eigenvalue weighted by atomic mass is 10.3. The van der Waals surface area contributed by atoms with Gasteiger partial charge in [-0.25, -0.2) is 13.2 Å². The van der Waals surface area contributed by atoms with Crippen LogP contribution in [0.25, 0.3) is 0 Å². The van der Waals surface area contributed by atoms with Gasteiger partial charge in [-0.2, -0.15) is 4.31 Å². The van der Waals surface area contributed by atoms with Crippen LogP contribution in [0.4, 0.5) is 0 Å². The molecule has 20 heavy (non-hydrogen) atoms. The molecule has 0 amide bonds. The Morgan fingerprint density at radius 2 is 2.30 bits per heavy atom. The molecule has 0 radical (unpaired) electrons. The summed E-state index contributed by atoms with van der Waals surface area (Å²) in [7, 11) is -2.37. The maximum absolute atomic E-state index is 12.6. The highest BCUT2D eigenvalue weighted by Crippen LogP contribution is 2.34. The molecule has 1 aliphatic rings. The second-order valence-corrected chi connectivity index (χ2v) is 8.32. The molecule has 0 N–H and O–H groups in total. The van der Waals surface area contributed by atoms with E-state index in [4.69, 9.17) is 4.74 Å². The normalized spacial score (nSPS) is 20.9. The van der Waals surface area contributed by atoms with Crippen LogP contribution < -0.4 is 0 Å². The maximum Gasteiger partial charge on any atom is 0.348 e. The van der Waals surface area contributed by atoms with Gasteiger partial charge in [0.05, 0.1) is 19.8 Å². The molecule has 1 aromatic heterocycles. The Morgan fingerprint density at radius 3 is 2.90 bits per heavy atom. The van der Waals surface area contributed by atoms with Gasteiger partial charge in [0.1, 0.15) is 9.09 Å². The van der Waals surface area contributed by atoms with Gasteiger partial charge in [-0.05, 0) is 28.9 Å². The average Bonchev–Trinajstić information content (AvgIpc) is 2.80. The van der Waals surface area contributed by atoms with Crippen molar-refractivity contribution in [3.05, 3.63) is 15.4 Å². The van der Waals surface area contributed by atoms with Gasteiger partial charge >= 0.3 is 5.97 Å². The van der Waals surface area contributed by atoms with Crippen LogP contribution in [0.15, 0.2) is 14.7 Å². The molecule has 1 aliphatic heterocycles. The smallest absolute Gasteiger partial charge is 0.348 e. The number of methoxy groups -OCH3 is 1. The van der Waals surface area contributed by atoms with Crippen LogP contribution in [0.5, 0.6) is 0 Å². The minimum atomic E-state index is -3.63. The van der Waals surface area contributed by atoms with E-state index in [0.717, 1.165) is 11.3 Å². The lowest BCUT2D eigenvalue weighted by Crippen LogP contribution is -2.44. The first kappa shape index (κ1) is 15.9. The van der Waals surface area contributed by atoms with Crippen LogP contribution in [-0.4, -0.2) is 51.6 Å². The van der Waals surface area contributed by atoms with E-state index in [1.165, 1.54) is 17.5 Å². The molecule has 2 rings (SSSR count). The number of thiophene rings is 1. The van der Waals surface area contributed by atoms with E-state index in [9.17, 15) is 13.2 Å². The predicted molar refractivity (Wildman–Crippen MR) is 77.5 cm³/mol. The van der Waals surface area contributed by atoms with Crippen LogP contribution in [0.2, 0.25) is 0 Å². The Bertz CT molecular complexity index is 612. The zero-order chi connectivity index (χ0) is 14.9. The highest BCUT2D eigenvalue weighted by atomic mass is 79.9. The van der Waals surface area contributed by atoms with Crippen molar-refractivity contribution in [1.29, 1.82) is 0 Å². The van der Waals surface area contributed by atoms with Crippen LogP contribution in [-0.2, 0) is 19.5 Å². The summed E-state index contributed by atoms with van der Waals surface area (Å²) < 4.78 is 37.0. The number of hydrogen-bond acceptors (Lipinski definition) is 6. The summed E-state index contributed by atoms with van der Waals surface area (Å²) in [6.07, 6.45) is -0.141. The van der Waals surface area contributed by atoms with Crippen LogP contribution >= 0.6 is 27.3 Å². The third kappa shape index (κ3) is 3.06. The molecule has 0 saturated carbocycles. The summed E-state index contributed by atoms with van der Waals surface area (Å²) in [6, 6.07) is 1.47. The van der Waals surface area contributed by atoms with Gasteiger partial charge in [0.25, 0.3) is 10.0 Å². The third-order valence-corrected chi connectivity index (χ3v) is 7.46. The van der Waals surface area contributed by atoms with Gasteiger partial charge in [-0.15, -0.1) is 11.3 Å². The minimum absolute atomic E-state index is 0.118. The van der Waals surface area contributed by atoms with Crippen LogP contribution in [0, 0.1) is 0 Å².